The van der Waals surface area contributed by atoms with Gasteiger partial charge in [-0.1, -0.05) is 11.6 Å². The van der Waals surface area contributed by atoms with Crippen LogP contribution in [0.1, 0.15) is 5.82 Å². The van der Waals surface area contributed by atoms with E-state index in [4.69, 9.17) is 11.6 Å². The van der Waals surface area contributed by atoms with Crippen LogP contribution in [0.25, 0.3) is 11.4 Å². The highest BCUT2D eigenvalue weighted by Gasteiger charge is 2.10. The van der Waals surface area contributed by atoms with Crippen molar-refractivity contribution in [1.82, 2.24) is 24.3 Å². The third-order valence-corrected chi connectivity index (χ3v) is 3.20. The maximum Gasteiger partial charge on any atom is 0.163 e. The lowest BCUT2D eigenvalue weighted by molar-refractivity contribution is 0.698. The second-order valence-corrected chi connectivity index (χ2v) is 4.68. The van der Waals surface area contributed by atoms with Crippen LogP contribution >= 0.6 is 11.6 Å². The molecule has 0 aliphatic heterocycles. The fourth-order valence-electron chi connectivity index (χ4n) is 1.89. The Morgan fingerprint density at radius 3 is 2.63 bits per heavy atom. The van der Waals surface area contributed by atoms with E-state index in [0.29, 0.717) is 11.6 Å². The summed E-state index contributed by atoms with van der Waals surface area (Å²) in [6.07, 6.45) is 5.41. The molecule has 3 rings (SSSR count). The van der Waals surface area contributed by atoms with Crippen molar-refractivity contribution in [1.29, 1.82) is 0 Å². The summed E-state index contributed by atoms with van der Waals surface area (Å²) in [6, 6.07) is 7.57. The lowest BCUT2D eigenvalue weighted by atomic mass is 10.2. The van der Waals surface area contributed by atoms with Gasteiger partial charge in [-0.2, -0.15) is 0 Å². The number of hydrogen-bond acceptors (Lipinski definition) is 3. The lowest BCUT2D eigenvalue weighted by Crippen LogP contribution is -2.05. The Labute approximate surface area is 115 Å². The number of benzene rings is 1. The first-order valence-electron chi connectivity index (χ1n) is 5.84. The van der Waals surface area contributed by atoms with Crippen molar-refractivity contribution in [3.63, 3.8) is 0 Å². The molecular formula is C13H12ClN5. The molecule has 0 aliphatic rings. The molecule has 0 amide bonds. The molecule has 0 bridgehead atoms. The fraction of sp³-hybridized carbons (Fsp3) is 0.154. The summed E-state index contributed by atoms with van der Waals surface area (Å²) in [5.74, 6) is 1.70. The van der Waals surface area contributed by atoms with Crippen LogP contribution in [-0.4, -0.2) is 24.3 Å². The summed E-state index contributed by atoms with van der Waals surface area (Å²) in [5.41, 5.74) is 0.997. The van der Waals surface area contributed by atoms with Gasteiger partial charge in [0.1, 0.15) is 0 Å². The highest BCUT2D eigenvalue weighted by Crippen LogP contribution is 2.20. The standard InChI is InChI=1S/C13H12ClN5/c1-18-12(8-19-7-6-15-9-19)16-17-13(18)10-2-4-11(14)5-3-10/h2-7,9H,8H2,1H3. The van der Waals surface area contributed by atoms with Crippen LogP contribution in [0.4, 0.5) is 0 Å². The maximum absolute atomic E-state index is 5.89. The van der Waals surface area contributed by atoms with Gasteiger partial charge in [-0.25, -0.2) is 4.98 Å². The van der Waals surface area contributed by atoms with Crippen LogP contribution in [0, 0.1) is 0 Å². The molecule has 5 nitrogen and oxygen atoms in total. The number of imidazole rings is 1. The molecule has 2 heterocycles. The molecule has 0 aliphatic carbocycles. The summed E-state index contributed by atoms with van der Waals surface area (Å²) >= 11 is 5.89. The van der Waals surface area contributed by atoms with Gasteiger partial charge < -0.3 is 9.13 Å². The summed E-state index contributed by atoms with van der Waals surface area (Å²) in [7, 11) is 1.95. The van der Waals surface area contributed by atoms with E-state index in [1.807, 2.05) is 46.6 Å². The SMILES string of the molecule is Cn1c(Cn2ccnc2)nnc1-c1ccc(Cl)cc1. The van der Waals surface area contributed by atoms with Gasteiger partial charge in [0.25, 0.3) is 0 Å². The zero-order chi connectivity index (χ0) is 13.2. The largest absolute Gasteiger partial charge is 0.330 e. The zero-order valence-corrected chi connectivity index (χ0v) is 11.1. The van der Waals surface area contributed by atoms with E-state index in [1.54, 1.807) is 12.5 Å². The van der Waals surface area contributed by atoms with Gasteiger partial charge in [0.15, 0.2) is 11.6 Å². The summed E-state index contributed by atoms with van der Waals surface area (Å²) in [6.45, 7) is 0.650. The van der Waals surface area contributed by atoms with Crippen molar-refractivity contribution in [2.24, 2.45) is 7.05 Å². The van der Waals surface area contributed by atoms with Crippen LogP contribution in [0.5, 0.6) is 0 Å². The molecule has 96 valence electrons. The van der Waals surface area contributed by atoms with Gasteiger partial charge in [-0.05, 0) is 24.3 Å². The number of nitrogens with zero attached hydrogens (tertiary/aromatic N) is 5. The van der Waals surface area contributed by atoms with E-state index in [1.165, 1.54) is 0 Å². The Bertz CT molecular complexity index is 670. The van der Waals surface area contributed by atoms with E-state index >= 15 is 0 Å². The van der Waals surface area contributed by atoms with Gasteiger partial charge in [0, 0.05) is 30.0 Å². The van der Waals surface area contributed by atoms with E-state index in [-0.39, 0.29) is 0 Å². The molecule has 3 aromatic rings. The first-order chi connectivity index (χ1) is 9.24. The lowest BCUT2D eigenvalue weighted by Gasteiger charge is -2.04. The van der Waals surface area contributed by atoms with Gasteiger partial charge in [-0.3, -0.25) is 0 Å². The summed E-state index contributed by atoms with van der Waals surface area (Å²) in [5, 5.41) is 9.17. The quantitative estimate of drug-likeness (QED) is 0.736. The van der Waals surface area contributed by atoms with Crippen molar-refractivity contribution in [3.05, 3.63) is 53.8 Å². The fourth-order valence-corrected chi connectivity index (χ4v) is 2.02. The minimum atomic E-state index is 0.650. The Kier molecular flexibility index (Phi) is 3.05. The van der Waals surface area contributed by atoms with Crippen molar-refractivity contribution < 1.29 is 0 Å². The minimum Gasteiger partial charge on any atom is -0.330 e. The molecule has 0 saturated heterocycles. The van der Waals surface area contributed by atoms with Crippen molar-refractivity contribution >= 4 is 11.6 Å². The maximum atomic E-state index is 5.89. The number of rotatable bonds is 3. The summed E-state index contributed by atoms with van der Waals surface area (Å²) < 4.78 is 3.93. The smallest absolute Gasteiger partial charge is 0.163 e. The topological polar surface area (TPSA) is 48.5 Å². The second-order valence-electron chi connectivity index (χ2n) is 4.24. The Balaban J connectivity index is 1.92. The molecule has 0 fully saturated rings. The second kappa shape index (κ2) is 4.85. The summed E-state index contributed by atoms with van der Waals surface area (Å²) in [4.78, 5) is 4.01. The van der Waals surface area contributed by atoms with Crippen molar-refractivity contribution in [2.45, 2.75) is 6.54 Å². The number of aromatic nitrogens is 5. The van der Waals surface area contributed by atoms with E-state index in [9.17, 15) is 0 Å². The predicted octanol–water partition coefficient (Wildman–Crippen LogP) is 2.38. The predicted molar refractivity (Wildman–Crippen MR) is 72.8 cm³/mol. The van der Waals surface area contributed by atoms with Gasteiger partial charge >= 0.3 is 0 Å². The van der Waals surface area contributed by atoms with Crippen LogP contribution in [0.2, 0.25) is 5.02 Å². The molecule has 0 unspecified atom stereocenters. The molecule has 6 heteroatoms. The van der Waals surface area contributed by atoms with Crippen molar-refractivity contribution in [3.8, 4) is 11.4 Å². The van der Waals surface area contributed by atoms with Gasteiger partial charge in [0.2, 0.25) is 0 Å². The van der Waals surface area contributed by atoms with Crippen LogP contribution in [0.15, 0.2) is 43.0 Å². The third-order valence-electron chi connectivity index (χ3n) is 2.95. The third kappa shape index (κ3) is 2.37. The Morgan fingerprint density at radius 1 is 1.16 bits per heavy atom. The molecule has 0 N–H and O–H groups in total. The van der Waals surface area contributed by atoms with E-state index in [2.05, 4.69) is 15.2 Å². The molecular weight excluding hydrogens is 262 g/mol. The highest BCUT2D eigenvalue weighted by atomic mass is 35.5. The minimum absolute atomic E-state index is 0.650. The number of hydrogen-bond donors (Lipinski definition) is 0. The first kappa shape index (κ1) is 11.9. The Hall–Kier alpha value is -2.14. The molecule has 19 heavy (non-hydrogen) atoms. The average Bonchev–Trinajstić information content (AvgIpc) is 3.03. The number of halogens is 1. The van der Waals surface area contributed by atoms with Gasteiger partial charge in [0.05, 0.1) is 12.9 Å². The normalized spacial score (nSPS) is 10.8. The molecule has 0 saturated carbocycles. The van der Waals surface area contributed by atoms with Gasteiger partial charge in [-0.15, -0.1) is 10.2 Å². The molecule has 0 radical (unpaired) electrons. The molecule has 0 atom stereocenters. The monoisotopic (exact) mass is 273 g/mol. The van der Waals surface area contributed by atoms with Crippen LogP contribution in [-0.2, 0) is 13.6 Å². The van der Waals surface area contributed by atoms with Crippen molar-refractivity contribution in [2.75, 3.05) is 0 Å². The highest BCUT2D eigenvalue weighted by molar-refractivity contribution is 6.30. The van der Waals surface area contributed by atoms with Crippen LogP contribution < -0.4 is 0 Å². The zero-order valence-electron chi connectivity index (χ0n) is 10.4. The molecule has 0 spiro atoms. The van der Waals surface area contributed by atoms with Crippen LogP contribution in [0.3, 0.4) is 0 Å². The molecule has 1 aromatic carbocycles. The Morgan fingerprint density at radius 2 is 1.95 bits per heavy atom. The van der Waals surface area contributed by atoms with E-state index in [0.717, 1.165) is 17.2 Å². The molecule has 2 aromatic heterocycles. The first-order valence-corrected chi connectivity index (χ1v) is 6.22. The average molecular weight is 274 g/mol. The van der Waals surface area contributed by atoms with E-state index < -0.39 is 0 Å².